The van der Waals surface area contributed by atoms with Crippen LogP contribution in [0.25, 0.3) is 10.2 Å². The van der Waals surface area contributed by atoms with Gasteiger partial charge < -0.3 is 0 Å². The molecule has 2 rings (SSSR count). The van der Waals surface area contributed by atoms with E-state index in [4.69, 9.17) is 5.26 Å². The first-order valence-electron chi connectivity index (χ1n) is 3.72. The number of nitrogens with zero attached hydrogens (tertiary/aromatic N) is 2. The molecule has 13 heavy (non-hydrogen) atoms. The van der Waals surface area contributed by atoms with Crippen LogP contribution in [-0.4, -0.2) is 11.2 Å². The van der Waals surface area contributed by atoms with Crippen molar-refractivity contribution in [3.05, 3.63) is 24.3 Å². The predicted molar refractivity (Wildman–Crippen MR) is 56.8 cm³/mol. The van der Waals surface area contributed by atoms with Gasteiger partial charge in [0.2, 0.25) is 0 Å². The van der Waals surface area contributed by atoms with Crippen LogP contribution in [0.15, 0.2) is 28.6 Å². The number of fused-ring (bicyclic) bond motifs is 1. The van der Waals surface area contributed by atoms with Crippen LogP contribution in [0.4, 0.5) is 0 Å². The fourth-order valence-corrected chi connectivity index (χ4v) is 2.91. The lowest BCUT2D eigenvalue weighted by atomic mass is 10.3. The minimum Gasteiger partial charge on any atom is -0.190 e. The number of para-hydroxylation sites is 1. The molecule has 1 aromatic heterocycles. The normalized spacial score (nSPS) is 12.6. The van der Waals surface area contributed by atoms with Crippen LogP contribution < -0.4 is 0 Å². The largest absolute Gasteiger partial charge is 0.327 e. The lowest BCUT2D eigenvalue weighted by Crippen LogP contribution is -1.92. The maximum atomic E-state index is 8.74. The zero-order valence-electron chi connectivity index (χ0n) is 7.02. The Kier molecular flexibility index (Phi) is 2.21. The highest BCUT2D eigenvalue weighted by atomic mass is 32.2. The van der Waals surface area contributed by atoms with E-state index >= 15 is 0 Å². The van der Waals surface area contributed by atoms with Crippen molar-refractivity contribution in [2.45, 2.75) is 4.34 Å². The Bertz CT molecular complexity index is 437. The van der Waals surface area contributed by atoms with Gasteiger partial charge in [0.25, 0.3) is 0 Å². The lowest BCUT2D eigenvalue weighted by molar-refractivity contribution is 1.30. The highest BCUT2D eigenvalue weighted by Crippen LogP contribution is 2.25. The van der Waals surface area contributed by atoms with Gasteiger partial charge in [0, 0.05) is 0 Å². The minimum absolute atomic E-state index is 0.360. The van der Waals surface area contributed by atoms with Gasteiger partial charge in [0.1, 0.15) is 6.26 Å². The molecule has 0 fully saturated rings. The molecule has 0 aliphatic heterocycles. The summed E-state index contributed by atoms with van der Waals surface area (Å²) < 4.78 is 2.09. The third-order valence-corrected chi connectivity index (χ3v) is 4.39. The molecule has 0 aliphatic carbocycles. The molecule has 0 amide bonds. The molecular weight excluding hydrogens is 200 g/mol. The third-order valence-electron chi connectivity index (χ3n) is 1.67. The van der Waals surface area contributed by atoms with Gasteiger partial charge in [0.15, 0.2) is 10.9 Å². The molecule has 1 aromatic carbocycles. The molecule has 0 aliphatic rings. The molecule has 0 radical (unpaired) electrons. The Morgan fingerprint density at radius 3 is 2.92 bits per heavy atom. The summed E-state index contributed by atoms with van der Waals surface area (Å²) in [5.74, 6) is 0. The maximum Gasteiger partial charge on any atom is 0.327 e. The fraction of sp³-hybridized carbons (Fsp3) is 0.111. The van der Waals surface area contributed by atoms with Crippen molar-refractivity contribution in [2.24, 2.45) is 0 Å². The van der Waals surface area contributed by atoms with Crippen molar-refractivity contribution in [3.8, 4) is 5.40 Å². The SMILES string of the molecule is C[S+](C#N)c1nc2ccccc2s1. The number of rotatable bonds is 1. The molecule has 2 aromatic rings. The Morgan fingerprint density at radius 2 is 2.23 bits per heavy atom. The van der Waals surface area contributed by atoms with Crippen LogP contribution in [0.5, 0.6) is 0 Å². The van der Waals surface area contributed by atoms with Crippen LogP contribution in [0.2, 0.25) is 0 Å². The topological polar surface area (TPSA) is 36.7 Å². The molecule has 0 saturated carbocycles. The molecule has 1 atom stereocenters. The first-order valence-corrected chi connectivity index (χ1v) is 6.17. The number of thiocyanates is 1. The molecule has 0 spiro atoms. The smallest absolute Gasteiger partial charge is 0.190 e. The summed E-state index contributed by atoms with van der Waals surface area (Å²) in [6, 6.07) is 7.96. The number of benzene rings is 1. The molecule has 0 saturated heterocycles. The number of hydrogen-bond acceptors (Lipinski definition) is 3. The molecule has 2 nitrogen and oxygen atoms in total. The highest BCUT2D eigenvalue weighted by molar-refractivity contribution is 8.02. The van der Waals surface area contributed by atoms with Crippen LogP contribution in [0.1, 0.15) is 0 Å². The van der Waals surface area contributed by atoms with Gasteiger partial charge in [-0.05, 0) is 12.1 Å². The van der Waals surface area contributed by atoms with E-state index in [2.05, 4.69) is 10.4 Å². The molecule has 64 valence electrons. The third kappa shape index (κ3) is 1.53. The van der Waals surface area contributed by atoms with Crippen molar-refractivity contribution in [1.29, 1.82) is 5.26 Å². The van der Waals surface area contributed by atoms with E-state index in [1.54, 1.807) is 11.3 Å². The second-order valence-corrected chi connectivity index (χ2v) is 5.43. The average molecular weight is 207 g/mol. The number of aromatic nitrogens is 1. The summed E-state index contributed by atoms with van der Waals surface area (Å²) in [4.78, 5) is 4.39. The second-order valence-electron chi connectivity index (χ2n) is 2.55. The van der Waals surface area contributed by atoms with Crippen LogP contribution in [0, 0.1) is 10.7 Å². The van der Waals surface area contributed by atoms with E-state index in [1.165, 1.54) is 0 Å². The van der Waals surface area contributed by atoms with Crippen molar-refractivity contribution in [1.82, 2.24) is 4.98 Å². The first-order chi connectivity index (χ1) is 6.31. The average Bonchev–Trinajstić information content (AvgIpc) is 2.59. The summed E-state index contributed by atoms with van der Waals surface area (Å²) in [7, 11) is -0.360. The maximum absolute atomic E-state index is 8.74. The van der Waals surface area contributed by atoms with E-state index in [0.29, 0.717) is 0 Å². The number of nitriles is 1. The van der Waals surface area contributed by atoms with Gasteiger partial charge in [-0.3, -0.25) is 0 Å². The fourth-order valence-electron chi connectivity index (χ4n) is 1.02. The molecule has 0 N–H and O–H groups in total. The highest BCUT2D eigenvalue weighted by Gasteiger charge is 2.20. The zero-order chi connectivity index (χ0) is 9.26. The van der Waals surface area contributed by atoms with Gasteiger partial charge in [0.05, 0.1) is 10.2 Å². The Labute approximate surface area is 83.2 Å². The van der Waals surface area contributed by atoms with E-state index in [1.807, 2.05) is 30.5 Å². The Hall–Kier alpha value is -1.05. The van der Waals surface area contributed by atoms with E-state index in [9.17, 15) is 0 Å². The van der Waals surface area contributed by atoms with E-state index in [-0.39, 0.29) is 10.9 Å². The predicted octanol–water partition coefficient (Wildman–Crippen LogP) is 2.38. The Balaban J connectivity index is 2.57. The van der Waals surface area contributed by atoms with E-state index in [0.717, 1.165) is 14.6 Å². The lowest BCUT2D eigenvalue weighted by Gasteiger charge is -1.80. The number of hydrogen-bond donors (Lipinski definition) is 0. The summed E-state index contributed by atoms with van der Waals surface area (Å²) in [6.07, 6.45) is 1.90. The first kappa shape index (κ1) is 8.54. The summed E-state index contributed by atoms with van der Waals surface area (Å²) >= 11 is 1.61. The molecule has 1 heterocycles. The summed E-state index contributed by atoms with van der Waals surface area (Å²) in [6.45, 7) is 0. The van der Waals surface area contributed by atoms with Crippen molar-refractivity contribution in [3.63, 3.8) is 0 Å². The Morgan fingerprint density at radius 1 is 1.46 bits per heavy atom. The molecule has 4 heteroatoms. The molecule has 1 unspecified atom stereocenters. The second kappa shape index (κ2) is 3.36. The van der Waals surface area contributed by atoms with Gasteiger partial charge in [-0.25, -0.2) is 0 Å². The van der Waals surface area contributed by atoms with Crippen molar-refractivity contribution >= 4 is 32.4 Å². The molecular formula is C9H7N2S2+. The van der Waals surface area contributed by atoms with Gasteiger partial charge in [-0.15, -0.1) is 5.26 Å². The monoisotopic (exact) mass is 207 g/mol. The van der Waals surface area contributed by atoms with Gasteiger partial charge in [-0.1, -0.05) is 23.5 Å². The molecule has 0 bridgehead atoms. The summed E-state index contributed by atoms with van der Waals surface area (Å²) in [5.41, 5.74) is 0.997. The quantitative estimate of drug-likeness (QED) is 0.532. The van der Waals surface area contributed by atoms with Crippen LogP contribution in [0.3, 0.4) is 0 Å². The standard InChI is InChI=1S/C9H7N2S2/c1-13(6-10)9-11-7-4-2-3-5-8(7)12-9/h2-5H,1H3/q+1. The zero-order valence-corrected chi connectivity index (χ0v) is 8.65. The van der Waals surface area contributed by atoms with Crippen molar-refractivity contribution < 1.29 is 0 Å². The summed E-state index contributed by atoms with van der Waals surface area (Å²) in [5, 5.41) is 11.0. The van der Waals surface area contributed by atoms with Crippen molar-refractivity contribution in [2.75, 3.05) is 6.26 Å². The van der Waals surface area contributed by atoms with Gasteiger partial charge >= 0.3 is 9.74 Å². The van der Waals surface area contributed by atoms with Crippen LogP contribution >= 0.6 is 11.3 Å². The minimum atomic E-state index is -0.360. The number of thiazole rings is 1. The van der Waals surface area contributed by atoms with Crippen LogP contribution in [-0.2, 0) is 10.9 Å². The van der Waals surface area contributed by atoms with E-state index < -0.39 is 0 Å². The van der Waals surface area contributed by atoms with Gasteiger partial charge in [-0.2, -0.15) is 4.98 Å².